The molecule has 3 rings (SSSR count). The van der Waals surface area contributed by atoms with Crippen LogP contribution in [-0.4, -0.2) is 31.1 Å². The first kappa shape index (κ1) is 17.5. The molecule has 1 heterocycles. The van der Waals surface area contributed by atoms with Gasteiger partial charge >= 0.3 is 5.97 Å². The van der Waals surface area contributed by atoms with Crippen molar-refractivity contribution in [2.24, 2.45) is 5.73 Å². The molecule has 2 N–H and O–H groups in total. The zero-order valence-electron chi connectivity index (χ0n) is 13.9. The Morgan fingerprint density at radius 3 is 2.56 bits per heavy atom. The second-order valence-electron chi connectivity index (χ2n) is 5.67. The van der Waals surface area contributed by atoms with E-state index in [0.717, 1.165) is 10.5 Å². The van der Waals surface area contributed by atoms with Crippen molar-refractivity contribution >= 4 is 29.3 Å². The quantitative estimate of drug-likeness (QED) is 0.853. The molecule has 2 unspecified atom stereocenters. The number of para-hydroxylation sites is 1. The van der Waals surface area contributed by atoms with Crippen LogP contribution in [0.25, 0.3) is 0 Å². The Morgan fingerprint density at radius 2 is 1.84 bits per heavy atom. The zero-order valence-corrected chi connectivity index (χ0v) is 14.7. The van der Waals surface area contributed by atoms with E-state index in [0.29, 0.717) is 5.69 Å². The van der Waals surface area contributed by atoms with Gasteiger partial charge in [-0.1, -0.05) is 42.5 Å². The number of nitrogens with two attached hydrogens (primary N) is 1. The number of rotatable bonds is 4. The van der Waals surface area contributed by atoms with Gasteiger partial charge in [0.15, 0.2) is 0 Å². The number of hydrogen-bond acceptors (Lipinski definition) is 5. The molecular formula is C19H20N2O3S. The average Bonchev–Trinajstić information content (AvgIpc) is 2.73. The number of esters is 1. The number of carbonyl (C=O) groups is 2. The van der Waals surface area contributed by atoms with Crippen molar-refractivity contribution in [1.82, 2.24) is 0 Å². The summed E-state index contributed by atoms with van der Waals surface area (Å²) in [5, 5.41) is -0.220. The molecule has 1 aliphatic heterocycles. The highest BCUT2D eigenvalue weighted by Gasteiger charge is 2.36. The summed E-state index contributed by atoms with van der Waals surface area (Å²) in [5.74, 6) is -0.722. The third kappa shape index (κ3) is 3.70. The van der Waals surface area contributed by atoms with E-state index in [1.807, 2.05) is 54.6 Å². The number of benzene rings is 2. The van der Waals surface area contributed by atoms with Gasteiger partial charge < -0.3 is 10.5 Å². The molecule has 0 aromatic heterocycles. The molecule has 0 radical (unpaired) electrons. The van der Waals surface area contributed by atoms with Crippen LogP contribution in [0.15, 0.2) is 59.5 Å². The lowest BCUT2D eigenvalue weighted by Crippen LogP contribution is -2.47. The van der Waals surface area contributed by atoms with Gasteiger partial charge in [-0.25, -0.2) is 0 Å². The van der Waals surface area contributed by atoms with Gasteiger partial charge in [-0.2, -0.15) is 0 Å². The summed E-state index contributed by atoms with van der Waals surface area (Å²) in [6, 6.07) is 16.5. The van der Waals surface area contributed by atoms with Crippen molar-refractivity contribution in [2.45, 2.75) is 23.1 Å². The average molecular weight is 356 g/mol. The zero-order chi connectivity index (χ0) is 17.8. The first-order valence-corrected chi connectivity index (χ1v) is 9.03. The molecule has 2 aromatic rings. The van der Waals surface area contributed by atoms with Crippen LogP contribution in [-0.2, 0) is 14.3 Å². The minimum absolute atomic E-state index is 0.139. The fourth-order valence-electron chi connectivity index (χ4n) is 2.83. The minimum Gasteiger partial charge on any atom is -0.465 e. The Morgan fingerprint density at radius 1 is 1.16 bits per heavy atom. The van der Waals surface area contributed by atoms with Crippen molar-refractivity contribution < 1.29 is 14.3 Å². The standard InChI is InChI=1S/C19H20N2O3S/c1-2-24-16(22)12-21-14-10-6-7-11-15(14)25-18(17(20)19(21)23)13-8-4-3-5-9-13/h3-11,17-18H,2,12,20H2,1H3. The van der Waals surface area contributed by atoms with Gasteiger partial charge in [-0.05, 0) is 24.6 Å². The molecule has 2 aromatic carbocycles. The largest absolute Gasteiger partial charge is 0.465 e. The molecule has 0 spiro atoms. The maximum absolute atomic E-state index is 13.0. The first-order chi connectivity index (χ1) is 12.1. The van der Waals surface area contributed by atoms with E-state index in [-0.39, 0.29) is 24.3 Å². The smallest absolute Gasteiger partial charge is 0.326 e. The summed E-state index contributed by atoms with van der Waals surface area (Å²) >= 11 is 1.55. The predicted octanol–water partition coefficient (Wildman–Crippen LogP) is 2.76. The summed E-state index contributed by atoms with van der Waals surface area (Å²) in [6.07, 6.45) is 0. The monoisotopic (exact) mass is 356 g/mol. The van der Waals surface area contributed by atoms with E-state index in [1.165, 1.54) is 4.90 Å². The topological polar surface area (TPSA) is 72.6 Å². The van der Waals surface area contributed by atoms with Crippen molar-refractivity contribution in [2.75, 3.05) is 18.1 Å². The lowest BCUT2D eigenvalue weighted by molar-refractivity contribution is -0.142. The summed E-state index contributed by atoms with van der Waals surface area (Å²) < 4.78 is 5.02. The van der Waals surface area contributed by atoms with E-state index >= 15 is 0 Å². The molecule has 2 atom stereocenters. The molecular weight excluding hydrogens is 336 g/mol. The highest BCUT2D eigenvalue weighted by molar-refractivity contribution is 7.99. The molecule has 0 bridgehead atoms. The second-order valence-corrected chi connectivity index (χ2v) is 6.86. The Kier molecular flexibility index (Phi) is 5.40. The van der Waals surface area contributed by atoms with Crippen LogP contribution >= 0.6 is 11.8 Å². The number of amides is 1. The van der Waals surface area contributed by atoms with E-state index in [9.17, 15) is 9.59 Å². The molecule has 0 fully saturated rings. The van der Waals surface area contributed by atoms with Gasteiger partial charge in [0.1, 0.15) is 12.6 Å². The summed E-state index contributed by atoms with van der Waals surface area (Å²) in [5.41, 5.74) is 7.99. The lowest BCUT2D eigenvalue weighted by Gasteiger charge is -2.24. The van der Waals surface area contributed by atoms with Gasteiger partial charge in [-0.3, -0.25) is 14.5 Å². The number of hydrogen-bond donors (Lipinski definition) is 1. The van der Waals surface area contributed by atoms with Crippen LogP contribution in [0.5, 0.6) is 0 Å². The van der Waals surface area contributed by atoms with Crippen LogP contribution in [0.3, 0.4) is 0 Å². The predicted molar refractivity (Wildman–Crippen MR) is 98.4 cm³/mol. The lowest BCUT2D eigenvalue weighted by atomic mass is 10.0. The highest BCUT2D eigenvalue weighted by Crippen LogP contribution is 2.44. The van der Waals surface area contributed by atoms with Crippen molar-refractivity contribution in [3.8, 4) is 0 Å². The third-order valence-electron chi connectivity index (χ3n) is 4.01. The minimum atomic E-state index is -0.755. The Labute approximate surface area is 151 Å². The van der Waals surface area contributed by atoms with E-state index in [4.69, 9.17) is 10.5 Å². The number of anilines is 1. The van der Waals surface area contributed by atoms with Crippen molar-refractivity contribution in [1.29, 1.82) is 0 Å². The van der Waals surface area contributed by atoms with Crippen molar-refractivity contribution in [3.63, 3.8) is 0 Å². The SMILES string of the molecule is CCOC(=O)CN1C(=O)C(N)C(c2ccccc2)Sc2ccccc21. The van der Waals surface area contributed by atoms with Gasteiger partial charge in [0.2, 0.25) is 5.91 Å². The van der Waals surface area contributed by atoms with E-state index in [2.05, 4.69) is 0 Å². The molecule has 1 aliphatic rings. The Bertz CT molecular complexity index is 766. The van der Waals surface area contributed by atoms with E-state index < -0.39 is 12.0 Å². The Balaban J connectivity index is 2.00. The Hall–Kier alpha value is -2.31. The normalized spacial score (nSPS) is 19.9. The van der Waals surface area contributed by atoms with Crippen LogP contribution < -0.4 is 10.6 Å². The fourth-order valence-corrected chi connectivity index (χ4v) is 4.12. The first-order valence-electron chi connectivity index (χ1n) is 8.15. The van der Waals surface area contributed by atoms with Crippen LogP contribution in [0, 0.1) is 0 Å². The molecule has 5 nitrogen and oxygen atoms in total. The fraction of sp³-hybridized carbons (Fsp3) is 0.263. The molecule has 0 saturated heterocycles. The number of ether oxygens (including phenoxy) is 1. The molecule has 0 aliphatic carbocycles. The van der Waals surface area contributed by atoms with Gasteiger partial charge in [-0.15, -0.1) is 11.8 Å². The number of thioether (sulfide) groups is 1. The molecule has 1 amide bonds. The number of nitrogens with zero attached hydrogens (tertiary/aromatic N) is 1. The summed E-state index contributed by atoms with van der Waals surface area (Å²) in [7, 11) is 0. The van der Waals surface area contributed by atoms with Gasteiger partial charge in [0.25, 0.3) is 0 Å². The maximum atomic E-state index is 13.0. The van der Waals surface area contributed by atoms with Crippen LogP contribution in [0.2, 0.25) is 0 Å². The van der Waals surface area contributed by atoms with Crippen molar-refractivity contribution in [3.05, 3.63) is 60.2 Å². The third-order valence-corrected chi connectivity index (χ3v) is 5.43. The number of fused-ring (bicyclic) bond motifs is 1. The molecule has 0 saturated carbocycles. The molecule has 130 valence electrons. The molecule has 6 heteroatoms. The highest BCUT2D eigenvalue weighted by atomic mass is 32.2. The summed E-state index contributed by atoms with van der Waals surface area (Å²) in [6.45, 7) is 1.87. The van der Waals surface area contributed by atoms with Gasteiger partial charge in [0, 0.05) is 4.90 Å². The summed E-state index contributed by atoms with van der Waals surface area (Å²) in [4.78, 5) is 27.3. The van der Waals surface area contributed by atoms with Crippen LogP contribution in [0.1, 0.15) is 17.7 Å². The van der Waals surface area contributed by atoms with Gasteiger partial charge in [0.05, 0.1) is 17.5 Å². The second kappa shape index (κ2) is 7.72. The van der Waals surface area contributed by atoms with E-state index in [1.54, 1.807) is 18.7 Å². The number of carbonyl (C=O) groups excluding carboxylic acids is 2. The van der Waals surface area contributed by atoms with Crippen LogP contribution in [0.4, 0.5) is 5.69 Å². The molecule has 25 heavy (non-hydrogen) atoms. The maximum Gasteiger partial charge on any atom is 0.326 e.